The molecular weight excluding hydrogens is 650 g/mol. The molecule has 0 aliphatic carbocycles. The molecule has 4 N–H and O–H groups in total. The zero-order chi connectivity index (χ0) is 35.2. The normalized spacial score (nSPS) is 12.2. The minimum atomic E-state index is -4.13. The van der Waals surface area contributed by atoms with Gasteiger partial charge in [0.15, 0.2) is 5.82 Å². The number of hydrogen-bond acceptors (Lipinski definition) is 9. The number of methoxy groups -OCH3 is 1. The zero-order valence-corrected chi connectivity index (χ0v) is 28.2. The third kappa shape index (κ3) is 8.65. The Hall–Kier alpha value is -5.63. The number of nitrogens with zero attached hydrogens (tertiary/aromatic N) is 2. The summed E-state index contributed by atoms with van der Waals surface area (Å²) >= 11 is 0. The number of aliphatic carboxylic acids is 1. The summed E-state index contributed by atoms with van der Waals surface area (Å²) in [6, 6.07) is 19.4. The molecule has 0 saturated carbocycles. The zero-order valence-electron chi connectivity index (χ0n) is 27.4. The van der Waals surface area contributed by atoms with Gasteiger partial charge >= 0.3 is 5.97 Å². The Labute approximate surface area is 283 Å². The number of fused-ring (bicyclic) bond motifs is 1. The van der Waals surface area contributed by atoms with Crippen LogP contribution in [0.5, 0.6) is 23.1 Å². The molecule has 3 aromatic carbocycles. The molecule has 0 fully saturated rings. The number of para-hydroxylation sites is 1. The van der Waals surface area contributed by atoms with Crippen molar-refractivity contribution in [2.75, 3.05) is 18.4 Å². The average molecular weight is 688 g/mol. The third-order valence-electron chi connectivity index (χ3n) is 7.59. The second-order valence-corrected chi connectivity index (χ2v) is 13.8. The molecule has 14 heteroatoms. The summed E-state index contributed by atoms with van der Waals surface area (Å²) in [5, 5.41) is 13.2. The van der Waals surface area contributed by atoms with Gasteiger partial charge in [-0.25, -0.2) is 18.2 Å². The van der Waals surface area contributed by atoms with Crippen molar-refractivity contribution in [3.63, 3.8) is 0 Å². The van der Waals surface area contributed by atoms with Crippen molar-refractivity contribution in [1.29, 1.82) is 0 Å². The van der Waals surface area contributed by atoms with E-state index in [0.717, 1.165) is 28.4 Å². The first kappa shape index (κ1) is 34.7. The van der Waals surface area contributed by atoms with Gasteiger partial charge in [-0.2, -0.15) is 4.98 Å². The molecule has 0 aliphatic rings. The number of amides is 1. The average Bonchev–Trinajstić information content (AvgIpc) is 3.48. The van der Waals surface area contributed by atoms with Crippen LogP contribution in [0.1, 0.15) is 38.3 Å². The van der Waals surface area contributed by atoms with Crippen molar-refractivity contribution in [3.05, 3.63) is 96.4 Å². The van der Waals surface area contributed by atoms with Gasteiger partial charge in [0.05, 0.1) is 25.0 Å². The molecule has 5 rings (SSSR count). The number of rotatable bonds is 14. The number of carboxylic acids is 1. The third-order valence-corrected chi connectivity index (χ3v) is 8.95. The number of benzene rings is 3. The molecule has 0 saturated heterocycles. The standard InChI is InChI=1S/C35H37N5O8S/c1-35(2,3)23-12-14-26(15-13-23)49(44,45)40-32-31(48-25-9-7-8-24(19-25)46-4)33(38-21-37-32)47-17-16-30(41)39-29(34(42)43)18-22-20-36-28-11-6-5-10-27(22)28/h5-15,19-21,29,36H,16-18H2,1-4H3,(H,39,41)(H,42,43)(H,37,38,40). The van der Waals surface area contributed by atoms with E-state index in [1.165, 1.54) is 19.2 Å². The number of carboxylic acid groups (broad SMARTS) is 1. The second-order valence-electron chi connectivity index (χ2n) is 12.1. The van der Waals surface area contributed by atoms with Gasteiger partial charge in [0, 0.05) is 29.6 Å². The molecule has 13 nitrogen and oxygen atoms in total. The van der Waals surface area contributed by atoms with Crippen molar-refractivity contribution in [1.82, 2.24) is 20.3 Å². The topological polar surface area (TPSA) is 182 Å². The number of carbonyl (C=O) groups is 2. The maximum atomic E-state index is 13.4. The molecule has 49 heavy (non-hydrogen) atoms. The Morgan fingerprint density at radius 1 is 0.980 bits per heavy atom. The maximum Gasteiger partial charge on any atom is 0.326 e. The maximum absolute atomic E-state index is 13.4. The highest BCUT2D eigenvalue weighted by Gasteiger charge is 2.25. The Kier molecular flexibility index (Phi) is 10.4. The largest absolute Gasteiger partial charge is 0.497 e. The van der Waals surface area contributed by atoms with Crippen molar-refractivity contribution < 1.29 is 37.3 Å². The molecule has 1 atom stereocenters. The fourth-order valence-corrected chi connectivity index (χ4v) is 5.97. The molecule has 0 bridgehead atoms. The lowest BCUT2D eigenvalue weighted by Crippen LogP contribution is -2.42. The van der Waals surface area contributed by atoms with E-state index >= 15 is 0 Å². The van der Waals surface area contributed by atoms with Crippen LogP contribution in [0.25, 0.3) is 10.9 Å². The quantitative estimate of drug-likeness (QED) is 0.117. The Morgan fingerprint density at radius 3 is 2.43 bits per heavy atom. The minimum absolute atomic E-state index is 0.00574. The molecule has 1 amide bonds. The number of carbonyl (C=O) groups excluding carboxylic acids is 1. The summed E-state index contributed by atoms with van der Waals surface area (Å²) in [5.41, 5.74) is 2.40. The number of hydrogen-bond donors (Lipinski definition) is 4. The van der Waals surface area contributed by atoms with Gasteiger partial charge in [-0.05, 0) is 46.9 Å². The van der Waals surface area contributed by atoms with Crippen molar-refractivity contribution >= 4 is 38.6 Å². The number of H-pyrrole nitrogens is 1. The fourth-order valence-electron chi connectivity index (χ4n) is 4.96. The molecule has 2 heterocycles. The first-order valence-electron chi connectivity index (χ1n) is 15.3. The first-order chi connectivity index (χ1) is 23.3. The van der Waals surface area contributed by atoms with Crippen LogP contribution >= 0.6 is 0 Å². The highest BCUT2D eigenvalue weighted by Crippen LogP contribution is 2.37. The summed E-state index contributed by atoms with van der Waals surface area (Å²) in [7, 11) is -2.64. The summed E-state index contributed by atoms with van der Waals surface area (Å²) in [6.07, 6.45) is 2.65. The van der Waals surface area contributed by atoms with E-state index in [1.807, 2.05) is 45.0 Å². The van der Waals surface area contributed by atoms with E-state index in [0.29, 0.717) is 5.75 Å². The molecule has 256 valence electrons. The monoisotopic (exact) mass is 687 g/mol. The van der Waals surface area contributed by atoms with Crippen LogP contribution in [-0.2, 0) is 31.4 Å². The van der Waals surface area contributed by atoms with E-state index in [2.05, 4.69) is 25.0 Å². The van der Waals surface area contributed by atoms with Crippen LogP contribution in [0, 0.1) is 0 Å². The van der Waals surface area contributed by atoms with Gasteiger partial charge in [-0.1, -0.05) is 57.2 Å². The van der Waals surface area contributed by atoms with Gasteiger partial charge in [-0.3, -0.25) is 9.52 Å². The first-order valence-corrected chi connectivity index (χ1v) is 16.8. The Bertz CT molecular complexity index is 2060. The molecule has 0 aliphatic heterocycles. The van der Waals surface area contributed by atoms with E-state index in [1.54, 1.807) is 42.6 Å². The molecule has 1 unspecified atom stereocenters. The Morgan fingerprint density at radius 2 is 1.71 bits per heavy atom. The summed E-state index contributed by atoms with van der Waals surface area (Å²) < 4.78 is 46.4. The van der Waals surface area contributed by atoms with Crippen molar-refractivity contribution in [2.45, 2.75) is 50.0 Å². The predicted molar refractivity (Wildman–Crippen MR) is 183 cm³/mol. The van der Waals surface area contributed by atoms with Crippen LogP contribution in [0.2, 0.25) is 0 Å². The molecule has 5 aromatic rings. The number of aromatic amines is 1. The van der Waals surface area contributed by atoms with Gasteiger partial charge in [0.2, 0.25) is 11.7 Å². The highest BCUT2D eigenvalue weighted by molar-refractivity contribution is 7.92. The van der Waals surface area contributed by atoms with E-state index < -0.39 is 27.9 Å². The predicted octanol–water partition coefficient (Wildman–Crippen LogP) is 5.44. The SMILES string of the molecule is COc1cccc(Oc2c(NS(=O)(=O)c3ccc(C(C)(C)C)cc3)ncnc2OCCC(=O)NC(Cc2c[nH]c3ccccc23)C(=O)O)c1. The summed E-state index contributed by atoms with van der Waals surface area (Å²) in [5.74, 6) is -1.52. The molecule has 0 radical (unpaired) electrons. The summed E-state index contributed by atoms with van der Waals surface area (Å²) in [6.45, 7) is 5.84. The van der Waals surface area contributed by atoms with Gasteiger partial charge < -0.3 is 29.6 Å². The number of sulfonamides is 1. The van der Waals surface area contributed by atoms with Crippen molar-refractivity contribution in [3.8, 4) is 23.1 Å². The summed E-state index contributed by atoms with van der Waals surface area (Å²) in [4.78, 5) is 36.2. The van der Waals surface area contributed by atoms with E-state index in [-0.39, 0.29) is 53.0 Å². The second kappa shape index (κ2) is 14.6. The smallest absolute Gasteiger partial charge is 0.326 e. The van der Waals surface area contributed by atoms with Crippen LogP contribution in [0.3, 0.4) is 0 Å². The van der Waals surface area contributed by atoms with Crippen molar-refractivity contribution in [2.24, 2.45) is 0 Å². The van der Waals surface area contributed by atoms with Crippen LogP contribution < -0.4 is 24.2 Å². The lowest BCUT2D eigenvalue weighted by Gasteiger charge is -2.19. The lowest BCUT2D eigenvalue weighted by atomic mass is 9.87. The van der Waals surface area contributed by atoms with E-state index in [4.69, 9.17) is 14.2 Å². The fraction of sp³-hybridized carbons (Fsp3) is 0.257. The number of ether oxygens (including phenoxy) is 3. The lowest BCUT2D eigenvalue weighted by molar-refractivity contribution is -0.141. The molecule has 2 aromatic heterocycles. The Balaban J connectivity index is 1.33. The van der Waals surface area contributed by atoms with Crippen LogP contribution in [0.15, 0.2) is 90.2 Å². The van der Waals surface area contributed by atoms with Gasteiger partial charge in [0.25, 0.3) is 15.9 Å². The number of aromatic nitrogens is 3. The number of anilines is 1. The van der Waals surface area contributed by atoms with Crippen LogP contribution in [0.4, 0.5) is 5.82 Å². The number of nitrogens with one attached hydrogen (secondary N) is 3. The van der Waals surface area contributed by atoms with Gasteiger partial charge in [0.1, 0.15) is 23.9 Å². The minimum Gasteiger partial charge on any atom is -0.497 e. The van der Waals surface area contributed by atoms with Gasteiger partial charge in [-0.15, -0.1) is 0 Å². The molecular formula is C35H37N5O8S. The molecule has 0 spiro atoms. The highest BCUT2D eigenvalue weighted by atomic mass is 32.2. The van der Waals surface area contributed by atoms with Crippen LogP contribution in [-0.4, -0.2) is 60.1 Å². The van der Waals surface area contributed by atoms with E-state index in [9.17, 15) is 23.1 Å².